The molecule has 1 N–H and O–H groups in total. The van der Waals surface area contributed by atoms with E-state index in [4.69, 9.17) is 14.2 Å². The molecule has 3 unspecified atom stereocenters. The molecule has 0 aromatic rings. The molecule has 116 valence electrons. The minimum Gasteiger partial charge on any atom is -0.374 e. The number of ether oxygens (including phenoxy) is 3. The van der Waals surface area contributed by atoms with Gasteiger partial charge in [-0.15, -0.1) is 0 Å². The SMILES string of the molecule is CCNC(CC1OCCO1)C1CCOC2(CCSC2)C1. The molecule has 3 rings (SSSR count). The molecule has 0 aliphatic carbocycles. The molecule has 3 heterocycles. The van der Waals surface area contributed by atoms with Gasteiger partial charge in [-0.1, -0.05) is 6.92 Å². The summed E-state index contributed by atoms with van der Waals surface area (Å²) in [5.41, 5.74) is 0.165. The molecule has 3 aliphatic rings. The second-order valence-electron chi connectivity index (χ2n) is 6.16. The van der Waals surface area contributed by atoms with E-state index in [-0.39, 0.29) is 11.9 Å². The van der Waals surface area contributed by atoms with Crippen LogP contribution in [0.3, 0.4) is 0 Å². The van der Waals surface area contributed by atoms with Crippen LogP contribution in [0.25, 0.3) is 0 Å². The van der Waals surface area contributed by atoms with Crippen LogP contribution in [-0.4, -0.2) is 55.8 Å². The van der Waals surface area contributed by atoms with Crippen LogP contribution in [0, 0.1) is 5.92 Å². The second-order valence-corrected chi connectivity index (χ2v) is 7.26. The van der Waals surface area contributed by atoms with Gasteiger partial charge >= 0.3 is 0 Å². The monoisotopic (exact) mass is 301 g/mol. The van der Waals surface area contributed by atoms with E-state index in [0.717, 1.165) is 39.2 Å². The summed E-state index contributed by atoms with van der Waals surface area (Å²) in [7, 11) is 0. The molecular formula is C15H27NO3S. The van der Waals surface area contributed by atoms with Crippen molar-refractivity contribution in [1.29, 1.82) is 0 Å². The number of hydrogen-bond donors (Lipinski definition) is 1. The molecule has 0 aromatic heterocycles. The highest BCUT2D eigenvalue weighted by Gasteiger charge is 2.42. The molecular weight excluding hydrogens is 274 g/mol. The first-order chi connectivity index (χ1) is 9.81. The van der Waals surface area contributed by atoms with Crippen molar-refractivity contribution in [2.75, 3.05) is 37.9 Å². The summed E-state index contributed by atoms with van der Waals surface area (Å²) in [5.74, 6) is 3.13. The third-order valence-corrected chi connectivity index (χ3v) is 5.99. The van der Waals surface area contributed by atoms with Crippen molar-refractivity contribution in [3.63, 3.8) is 0 Å². The third kappa shape index (κ3) is 3.50. The second kappa shape index (κ2) is 6.97. The van der Waals surface area contributed by atoms with Gasteiger partial charge in [0.1, 0.15) is 0 Å². The number of thioether (sulfide) groups is 1. The normalized spacial score (nSPS) is 36.8. The van der Waals surface area contributed by atoms with Crippen molar-refractivity contribution in [2.24, 2.45) is 5.92 Å². The molecule has 0 saturated carbocycles. The summed E-state index contributed by atoms with van der Waals surface area (Å²) in [4.78, 5) is 0. The number of nitrogens with one attached hydrogen (secondary N) is 1. The Balaban J connectivity index is 1.60. The maximum absolute atomic E-state index is 6.14. The average Bonchev–Trinajstić information content (AvgIpc) is 3.11. The van der Waals surface area contributed by atoms with E-state index >= 15 is 0 Å². The molecule has 3 atom stereocenters. The minimum absolute atomic E-state index is 0.00389. The van der Waals surface area contributed by atoms with Gasteiger partial charge in [-0.2, -0.15) is 11.8 Å². The predicted molar refractivity (Wildman–Crippen MR) is 81.1 cm³/mol. The molecule has 0 aromatic carbocycles. The summed E-state index contributed by atoms with van der Waals surface area (Å²) in [6, 6.07) is 0.495. The van der Waals surface area contributed by atoms with Crippen LogP contribution >= 0.6 is 11.8 Å². The van der Waals surface area contributed by atoms with E-state index in [1.165, 1.54) is 24.3 Å². The van der Waals surface area contributed by atoms with E-state index in [0.29, 0.717) is 12.0 Å². The highest BCUT2D eigenvalue weighted by Crippen LogP contribution is 2.41. The summed E-state index contributed by atoms with van der Waals surface area (Å²) in [6.45, 7) is 5.61. The van der Waals surface area contributed by atoms with Crippen LogP contribution in [0.2, 0.25) is 0 Å². The lowest BCUT2D eigenvalue weighted by Gasteiger charge is -2.41. The Bertz CT molecular complexity index is 301. The smallest absolute Gasteiger partial charge is 0.159 e. The van der Waals surface area contributed by atoms with Crippen LogP contribution in [-0.2, 0) is 14.2 Å². The molecule has 0 bridgehead atoms. The zero-order valence-corrected chi connectivity index (χ0v) is 13.3. The fourth-order valence-corrected chi connectivity index (χ4v) is 5.11. The van der Waals surface area contributed by atoms with Crippen molar-refractivity contribution < 1.29 is 14.2 Å². The zero-order valence-electron chi connectivity index (χ0n) is 12.4. The maximum atomic E-state index is 6.14. The summed E-state index contributed by atoms with van der Waals surface area (Å²) >= 11 is 2.04. The minimum atomic E-state index is -0.00389. The topological polar surface area (TPSA) is 39.7 Å². The van der Waals surface area contributed by atoms with Gasteiger partial charge in [0.25, 0.3) is 0 Å². The van der Waals surface area contributed by atoms with E-state index < -0.39 is 0 Å². The Morgan fingerprint density at radius 2 is 2.15 bits per heavy atom. The van der Waals surface area contributed by atoms with Crippen molar-refractivity contribution >= 4 is 11.8 Å². The standard InChI is InChI=1S/C15H27NO3S/c1-2-16-13(9-14-17-6-7-18-14)12-3-5-19-15(10-12)4-8-20-11-15/h12-14,16H,2-11H2,1H3. The lowest BCUT2D eigenvalue weighted by Crippen LogP contribution is -2.48. The lowest BCUT2D eigenvalue weighted by molar-refractivity contribution is -0.0976. The quantitative estimate of drug-likeness (QED) is 0.841. The Labute approximate surface area is 126 Å². The summed E-state index contributed by atoms with van der Waals surface area (Å²) in [6.07, 6.45) is 4.56. The van der Waals surface area contributed by atoms with Crippen LogP contribution in [0.5, 0.6) is 0 Å². The molecule has 4 nitrogen and oxygen atoms in total. The van der Waals surface area contributed by atoms with Gasteiger partial charge in [0.2, 0.25) is 0 Å². The van der Waals surface area contributed by atoms with E-state index in [1.54, 1.807) is 0 Å². The van der Waals surface area contributed by atoms with Gasteiger partial charge in [-0.05, 0) is 37.5 Å². The first kappa shape index (κ1) is 15.1. The van der Waals surface area contributed by atoms with E-state index in [2.05, 4.69) is 12.2 Å². The molecule has 3 fully saturated rings. The fourth-order valence-electron chi connectivity index (χ4n) is 3.73. The first-order valence-corrected chi connectivity index (χ1v) is 9.15. The molecule has 1 spiro atoms. The summed E-state index contributed by atoms with van der Waals surface area (Å²) in [5, 5.41) is 3.66. The molecule has 0 amide bonds. The van der Waals surface area contributed by atoms with Gasteiger partial charge in [-0.25, -0.2) is 0 Å². The Morgan fingerprint density at radius 3 is 2.85 bits per heavy atom. The van der Waals surface area contributed by atoms with Crippen molar-refractivity contribution in [2.45, 2.75) is 50.5 Å². The lowest BCUT2D eigenvalue weighted by atomic mass is 9.80. The van der Waals surface area contributed by atoms with Crippen LogP contribution < -0.4 is 5.32 Å². The van der Waals surface area contributed by atoms with E-state index in [9.17, 15) is 0 Å². The molecule has 3 saturated heterocycles. The number of hydrogen-bond acceptors (Lipinski definition) is 5. The Morgan fingerprint density at radius 1 is 1.30 bits per heavy atom. The number of rotatable bonds is 5. The first-order valence-electron chi connectivity index (χ1n) is 8.00. The maximum Gasteiger partial charge on any atom is 0.159 e. The van der Waals surface area contributed by atoms with Crippen LogP contribution in [0.15, 0.2) is 0 Å². The average molecular weight is 301 g/mol. The van der Waals surface area contributed by atoms with E-state index in [1.807, 2.05) is 11.8 Å². The van der Waals surface area contributed by atoms with Crippen molar-refractivity contribution in [3.8, 4) is 0 Å². The third-order valence-electron chi connectivity index (χ3n) is 4.77. The van der Waals surface area contributed by atoms with Crippen molar-refractivity contribution in [1.82, 2.24) is 5.32 Å². The predicted octanol–water partition coefficient (Wildman–Crippen LogP) is 2.03. The van der Waals surface area contributed by atoms with Gasteiger partial charge in [0, 0.05) is 24.8 Å². The highest BCUT2D eigenvalue weighted by molar-refractivity contribution is 7.99. The molecule has 0 radical (unpaired) electrons. The highest BCUT2D eigenvalue weighted by atomic mass is 32.2. The van der Waals surface area contributed by atoms with Crippen LogP contribution in [0.4, 0.5) is 0 Å². The molecule has 3 aliphatic heterocycles. The molecule has 5 heteroatoms. The van der Waals surface area contributed by atoms with Gasteiger partial charge in [0.15, 0.2) is 6.29 Å². The Kier molecular flexibility index (Phi) is 5.26. The fraction of sp³-hybridized carbons (Fsp3) is 1.00. The van der Waals surface area contributed by atoms with Gasteiger partial charge in [-0.3, -0.25) is 0 Å². The Hall–Kier alpha value is 0.190. The van der Waals surface area contributed by atoms with Gasteiger partial charge < -0.3 is 19.5 Å². The zero-order chi connectivity index (χ0) is 13.8. The van der Waals surface area contributed by atoms with Gasteiger partial charge in [0.05, 0.1) is 18.8 Å². The van der Waals surface area contributed by atoms with Crippen molar-refractivity contribution in [3.05, 3.63) is 0 Å². The summed E-state index contributed by atoms with van der Waals surface area (Å²) < 4.78 is 17.4. The largest absolute Gasteiger partial charge is 0.374 e. The molecule has 20 heavy (non-hydrogen) atoms. The van der Waals surface area contributed by atoms with Crippen LogP contribution in [0.1, 0.15) is 32.6 Å².